The predicted molar refractivity (Wildman–Crippen MR) is 150 cm³/mol. The molecule has 0 saturated heterocycles. The molecular weight excluding hydrogens is 522 g/mol. The van der Waals surface area contributed by atoms with E-state index in [4.69, 9.17) is 5.73 Å². The highest BCUT2D eigenvalue weighted by atomic mass is 79.9. The van der Waals surface area contributed by atoms with E-state index in [0.29, 0.717) is 17.1 Å². The van der Waals surface area contributed by atoms with Gasteiger partial charge in [-0.15, -0.1) is 0 Å². The SMILES string of the molecule is NC(=NCc1cccc2ccccc12)c1c(Nc2ccc(Nc3ccc(Br)cc3)cc2)s[nH]c1=O. The molecule has 0 radical (unpaired) electrons. The zero-order chi connectivity index (χ0) is 24.2. The summed E-state index contributed by atoms with van der Waals surface area (Å²) in [5, 5.41) is 9.55. The van der Waals surface area contributed by atoms with E-state index in [-0.39, 0.29) is 11.4 Å². The van der Waals surface area contributed by atoms with Crippen LogP contribution in [0.25, 0.3) is 10.8 Å². The minimum atomic E-state index is -0.259. The lowest BCUT2D eigenvalue weighted by Gasteiger charge is -2.09. The minimum Gasteiger partial charge on any atom is -0.383 e. The molecule has 35 heavy (non-hydrogen) atoms. The van der Waals surface area contributed by atoms with Crippen molar-refractivity contribution in [2.45, 2.75) is 6.54 Å². The van der Waals surface area contributed by atoms with E-state index >= 15 is 0 Å². The number of rotatable bonds is 7. The Morgan fingerprint density at radius 3 is 2.23 bits per heavy atom. The zero-order valence-electron chi connectivity index (χ0n) is 18.6. The number of nitrogens with one attached hydrogen (secondary N) is 3. The Kier molecular flexibility index (Phi) is 6.65. The van der Waals surface area contributed by atoms with E-state index in [9.17, 15) is 4.79 Å². The van der Waals surface area contributed by atoms with E-state index in [0.717, 1.165) is 37.9 Å². The number of hydrogen-bond donors (Lipinski definition) is 4. The van der Waals surface area contributed by atoms with Gasteiger partial charge in [-0.2, -0.15) is 0 Å². The van der Waals surface area contributed by atoms with Crippen molar-refractivity contribution in [3.05, 3.63) is 117 Å². The van der Waals surface area contributed by atoms with Crippen LogP contribution in [0.3, 0.4) is 0 Å². The number of hydrogen-bond acceptors (Lipinski definition) is 5. The summed E-state index contributed by atoms with van der Waals surface area (Å²) in [5.41, 5.74) is 10.2. The molecule has 0 aliphatic rings. The number of halogens is 1. The molecule has 0 fully saturated rings. The lowest BCUT2D eigenvalue weighted by atomic mass is 10.0. The maximum absolute atomic E-state index is 12.5. The molecule has 5 N–H and O–H groups in total. The van der Waals surface area contributed by atoms with Crippen LogP contribution < -0.4 is 21.9 Å². The highest BCUT2D eigenvalue weighted by Gasteiger charge is 2.15. The van der Waals surface area contributed by atoms with Crippen LogP contribution in [0.15, 0.2) is 105 Å². The van der Waals surface area contributed by atoms with Crippen molar-refractivity contribution in [2.75, 3.05) is 10.6 Å². The first-order chi connectivity index (χ1) is 17.1. The van der Waals surface area contributed by atoms with Gasteiger partial charge in [-0.05, 0) is 76.4 Å². The number of nitrogens with zero attached hydrogens (tertiary/aromatic N) is 1. The molecule has 0 atom stereocenters. The average Bonchev–Trinajstić information content (AvgIpc) is 3.24. The first-order valence-corrected chi connectivity index (χ1v) is 12.6. The van der Waals surface area contributed by atoms with E-state index < -0.39 is 0 Å². The van der Waals surface area contributed by atoms with Crippen molar-refractivity contribution < 1.29 is 0 Å². The van der Waals surface area contributed by atoms with Crippen LogP contribution in [0.5, 0.6) is 0 Å². The Morgan fingerprint density at radius 2 is 1.49 bits per heavy atom. The van der Waals surface area contributed by atoms with Gasteiger partial charge in [0.25, 0.3) is 5.56 Å². The Hall–Kier alpha value is -3.88. The summed E-state index contributed by atoms with van der Waals surface area (Å²) in [4.78, 5) is 17.1. The smallest absolute Gasteiger partial charge is 0.271 e. The van der Waals surface area contributed by atoms with Gasteiger partial charge >= 0.3 is 0 Å². The predicted octanol–water partition coefficient (Wildman–Crippen LogP) is 6.74. The zero-order valence-corrected chi connectivity index (χ0v) is 21.0. The molecule has 1 aromatic heterocycles. The maximum Gasteiger partial charge on any atom is 0.271 e. The minimum absolute atomic E-state index is 0.205. The fraction of sp³-hybridized carbons (Fsp3) is 0.0370. The van der Waals surface area contributed by atoms with Crippen LogP contribution in [-0.2, 0) is 6.54 Å². The lowest BCUT2D eigenvalue weighted by Crippen LogP contribution is -2.22. The fourth-order valence-electron chi connectivity index (χ4n) is 3.77. The van der Waals surface area contributed by atoms with Crippen LogP contribution in [-0.4, -0.2) is 10.2 Å². The van der Waals surface area contributed by atoms with E-state index in [2.05, 4.69) is 54.1 Å². The van der Waals surface area contributed by atoms with Crippen LogP contribution in [0, 0.1) is 0 Å². The number of fused-ring (bicyclic) bond motifs is 1. The number of aromatic amines is 1. The number of benzene rings is 4. The number of aromatic nitrogens is 1. The van der Waals surface area contributed by atoms with Crippen LogP contribution in [0.2, 0.25) is 0 Å². The highest BCUT2D eigenvalue weighted by Crippen LogP contribution is 2.26. The molecule has 5 aromatic rings. The lowest BCUT2D eigenvalue weighted by molar-refractivity contribution is 1.07. The summed E-state index contributed by atoms with van der Waals surface area (Å²) in [7, 11) is 0. The fourth-order valence-corrected chi connectivity index (χ4v) is 4.80. The van der Waals surface area contributed by atoms with Crippen molar-refractivity contribution in [1.29, 1.82) is 0 Å². The van der Waals surface area contributed by atoms with Crippen molar-refractivity contribution in [3.63, 3.8) is 0 Å². The van der Waals surface area contributed by atoms with Crippen molar-refractivity contribution in [2.24, 2.45) is 10.7 Å². The Balaban J connectivity index is 1.32. The number of nitrogens with two attached hydrogens (primary N) is 1. The Morgan fingerprint density at radius 1 is 0.857 bits per heavy atom. The Bertz CT molecular complexity index is 1550. The third-order valence-electron chi connectivity index (χ3n) is 5.53. The third kappa shape index (κ3) is 5.29. The molecule has 0 amide bonds. The van der Waals surface area contributed by atoms with Gasteiger partial charge in [-0.3, -0.25) is 14.2 Å². The first-order valence-electron chi connectivity index (χ1n) is 10.9. The molecule has 8 heteroatoms. The van der Waals surface area contributed by atoms with Gasteiger partial charge in [0, 0.05) is 21.5 Å². The van der Waals surface area contributed by atoms with E-state index in [1.807, 2.05) is 72.8 Å². The molecule has 0 saturated carbocycles. The highest BCUT2D eigenvalue weighted by molar-refractivity contribution is 9.10. The van der Waals surface area contributed by atoms with Crippen molar-refractivity contribution >= 4 is 66.1 Å². The number of aliphatic imine (C=N–C) groups is 1. The summed E-state index contributed by atoms with van der Waals surface area (Å²) in [6.45, 7) is 0.387. The second kappa shape index (κ2) is 10.2. The van der Waals surface area contributed by atoms with Gasteiger partial charge in [-0.1, -0.05) is 58.4 Å². The van der Waals surface area contributed by atoms with Crippen molar-refractivity contribution in [1.82, 2.24) is 4.37 Å². The quantitative estimate of drug-likeness (QED) is 0.135. The van der Waals surface area contributed by atoms with Crippen LogP contribution in [0.4, 0.5) is 22.1 Å². The van der Waals surface area contributed by atoms with Gasteiger partial charge in [0.1, 0.15) is 16.4 Å². The van der Waals surface area contributed by atoms with Gasteiger partial charge in [0.2, 0.25) is 0 Å². The van der Waals surface area contributed by atoms with Gasteiger partial charge in [0.05, 0.1) is 6.54 Å². The molecule has 4 aromatic carbocycles. The van der Waals surface area contributed by atoms with Crippen LogP contribution in [0.1, 0.15) is 11.1 Å². The summed E-state index contributed by atoms with van der Waals surface area (Å²) in [5.74, 6) is 0.205. The molecule has 174 valence electrons. The van der Waals surface area contributed by atoms with Gasteiger partial charge < -0.3 is 16.4 Å². The van der Waals surface area contributed by atoms with Gasteiger partial charge in [0.15, 0.2) is 0 Å². The molecule has 5 rings (SSSR count). The molecule has 0 aliphatic heterocycles. The topological polar surface area (TPSA) is 95.3 Å². The summed E-state index contributed by atoms with van der Waals surface area (Å²) in [6.07, 6.45) is 0. The van der Waals surface area contributed by atoms with E-state index in [1.165, 1.54) is 11.5 Å². The van der Waals surface area contributed by atoms with Crippen LogP contribution >= 0.6 is 27.5 Å². The second-order valence-corrected chi connectivity index (χ2v) is 9.64. The van der Waals surface area contributed by atoms with E-state index in [1.54, 1.807) is 0 Å². The molecule has 6 nitrogen and oxygen atoms in total. The number of H-pyrrole nitrogens is 1. The summed E-state index contributed by atoms with van der Waals surface area (Å²) >= 11 is 4.65. The average molecular weight is 544 g/mol. The Labute approximate surface area is 214 Å². The molecule has 0 unspecified atom stereocenters. The maximum atomic E-state index is 12.5. The van der Waals surface area contributed by atoms with Crippen molar-refractivity contribution in [3.8, 4) is 0 Å². The molecule has 0 aliphatic carbocycles. The third-order valence-corrected chi connectivity index (χ3v) is 6.86. The summed E-state index contributed by atoms with van der Waals surface area (Å²) < 4.78 is 3.79. The monoisotopic (exact) mass is 543 g/mol. The largest absolute Gasteiger partial charge is 0.383 e. The number of amidine groups is 1. The molecular formula is C27H22BrN5OS. The normalized spacial score (nSPS) is 11.5. The standard InChI is InChI=1S/C27H22BrN5OS/c28-19-8-10-20(11-9-19)31-21-12-14-22(15-13-21)32-27-24(26(34)33-35-27)25(29)30-16-18-6-3-5-17-4-1-2-7-23(17)18/h1-15,31-32H,16H2,(H2,29,30)(H,33,34). The summed E-state index contributed by atoms with van der Waals surface area (Å²) in [6, 6.07) is 30.0. The second-order valence-electron chi connectivity index (χ2n) is 7.91. The molecule has 1 heterocycles. The number of anilines is 4. The molecule has 0 bridgehead atoms. The molecule has 0 spiro atoms. The first kappa shape index (κ1) is 22.9. The van der Waals surface area contributed by atoms with Gasteiger partial charge in [-0.25, -0.2) is 0 Å².